The van der Waals surface area contributed by atoms with E-state index in [2.05, 4.69) is 17.0 Å². The van der Waals surface area contributed by atoms with Gasteiger partial charge in [-0.2, -0.15) is 0 Å². The van der Waals surface area contributed by atoms with Gasteiger partial charge in [-0.25, -0.2) is 9.59 Å². The Morgan fingerprint density at radius 3 is 2.45 bits per heavy atom. The summed E-state index contributed by atoms with van der Waals surface area (Å²) in [7, 11) is 2.67. The van der Waals surface area contributed by atoms with E-state index in [1.807, 2.05) is 18.2 Å². The lowest BCUT2D eigenvalue weighted by atomic mass is 10.1. The van der Waals surface area contributed by atoms with Crippen molar-refractivity contribution in [1.82, 2.24) is 4.90 Å². The Morgan fingerprint density at radius 2 is 1.82 bits per heavy atom. The van der Waals surface area contributed by atoms with Gasteiger partial charge >= 0.3 is 11.9 Å². The molecule has 6 heteroatoms. The summed E-state index contributed by atoms with van der Waals surface area (Å²) in [5.74, 6) is -0.140. The molecule has 0 N–H and O–H groups in total. The van der Waals surface area contributed by atoms with Gasteiger partial charge in [-0.05, 0) is 5.56 Å². The molecule has 1 saturated heterocycles. The molecule has 0 aromatic heterocycles. The maximum absolute atomic E-state index is 12.1. The number of carbonyl (C=O) groups is 2. The summed E-state index contributed by atoms with van der Waals surface area (Å²) in [6, 6.07) is 9.99. The summed E-state index contributed by atoms with van der Waals surface area (Å²) in [5.41, 5.74) is 2.03. The van der Waals surface area contributed by atoms with Crippen LogP contribution in [0.4, 0.5) is 0 Å². The first-order valence-electron chi connectivity index (χ1n) is 6.99. The minimum Gasteiger partial charge on any atom is -0.466 e. The fourth-order valence-electron chi connectivity index (χ4n) is 3.02. The SMILES string of the molecule is COC(=O)C1=C(C(=O)OC)[C@H]2CS[C@H](c3ccccc3)N2C1. The topological polar surface area (TPSA) is 55.8 Å². The molecule has 1 aromatic rings. The van der Waals surface area contributed by atoms with Crippen molar-refractivity contribution in [2.24, 2.45) is 0 Å². The number of carbonyl (C=O) groups excluding carboxylic acids is 2. The van der Waals surface area contributed by atoms with Crippen LogP contribution in [0.25, 0.3) is 0 Å². The molecule has 0 aliphatic carbocycles. The van der Waals surface area contributed by atoms with Gasteiger partial charge < -0.3 is 9.47 Å². The van der Waals surface area contributed by atoms with Crippen molar-refractivity contribution in [3.63, 3.8) is 0 Å². The molecular weight excluding hydrogens is 302 g/mol. The zero-order valence-corrected chi connectivity index (χ0v) is 13.3. The summed E-state index contributed by atoms with van der Waals surface area (Å²) in [6.07, 6.45) is 0. The van der Waals surface area contributed by atoms with Gasteiger partial charge in [0, 0.05) is 12.3 Å². The normalized spacial score (nSPS) is 24.3. The number of esters is 2. The van der Waals surface area contributed by atoms with Crippen molar-refractivity contribution in [1.29, 1.82) is 0 Å². The van der Waals surface area contributed by atoms with Crippen LogP contribution in [0.1, 0.15) is 10.9 Å². The van der Waals surface area contributed by atoms with Gasteiger partial charge in [-0.3, -0.25) is 4.90 Å². The Hall–Kier alpha value is -1.79. The standard InChI is InChI=1S/C16H17NO4S/c1-20-15(18)11-8-17-12(13(11)16(19)21-2)9-22-14(17)10-6-4-3-5-7-10/h3-7,12,14H,8-9H2,1-2H3/t12-,14-/m1/s1. The van der Waals surface area contributed by atoms with Crippen molar-refractivity contribution < 1.29 is 19.1 Å². The Balaban J connectivity index is 1.93. The Morgan fingerprint density at radius 1 is 1.14 bits per heavy atom. The molecule has 1 aromatic carbocycles. The maximum Gasteiger partial charge on any atom is 0.335 e. The Kier molecular flexibility index (Phi) is 4.22. The van der Waals surface area contributed by atoms with Crippen molar-refractivity contribution in [2.45, 2.75) is 11.4 Å². The number of hydrogen-bond donors (Lipinski definition) is 0. The molecule has 116 valence electrons. The van der Waals surface area contributed by atoms with E-state index >= 15 is 0 Å². The first-order chi connectivity index (χ1) is 10.7. The molecule has 0 unspecified atom stereocenters. The lowest BCUT2D eigenvalue weighted by Gasteiger charge is -2.23. The zero-order valence-electron chi connectivity index (χ0n) is 12.4. The van der Waals surface area contributed by atoms with Crippen LogP contribution >= 0.6 is 11.8 Å². The fourth-order valence-corrected chi connectivity index (χ4v) is 4.51. The summed E-state index contributed by atoms with van der Waals surface area (Å²) in [5, 5.41) is 0.132. The highest BCUT2D eigenvalue weighted by Gasteiger charge is 2.47. The number of thioether (sulfide) groups is 1. The van der Waals surface area contributed by atoms with E-state index in [0.717, 1.165) is 5.75 Å². The number of rotatable bonds is 3. The van der Waals surface area contributed by atoms with E-state index in [1.165, 1.54) is 19.8 Å². The predicted molar refractivity (Wildman–Crippen MR) is 83.2 cm³/mol. The van der Waals surface area contributed by atoms with E-state index in [0.29, 0.717) is 17.7 Å². The highest BCUT2D eigenvalue weighted by Crippen LogP contribution is 2.47. The molecule has 5 nitrogen and oxygen atoms in total. The Bertz CT molecular complexity index is 628. The lowest BCUT2D eigenvalue weighted by molar-refractivity contribution is -0.139. The third-order valence-electron chi connectivity index (χ3n) is 4.03. The highest BCUT2D eigenvalue weighted by molar-refractivity contribution is 7.99. The molecular formula is C16H17NO4S. The number of ether oxygens (including phenoxy) is 2. The summed E-state index contributed by atoms with van der Waals surface area (Å²) in [6.45, 7) is 0.411. The van der Waals surface area contributed by atoms with Crippen LogP contribution in [0.5, 0.6) is 0 Å². The average molecular weight is 319 g/mol. The van der Waals surface area contributed by atoms with Crippen molar-refractivity contribution in [2.75, 3.05) is 26.5 Å². The number of methoxy groups -OCH3 is 2. The van der Waals surface area contributed by atoms with Crippen LogP contribution in [0.15, 0.2) is 41.5 Å². The second-order valence-electron chi connectivity index (χ2n) is 5.16. The maximum atomic E-state index is 12.1. The molecule has 2 atom stereocenters. The number of benzene rings is 1. The Labute approximate surface area is 133 Å². The number of nitrogens with zero attached hydrogens (tertiary/aromatic N) is 1. The highest BCUT2D eigenvalue weighted by atomic mass is 32.2. The third kappa shape index (κ3) is 2.42. The fraction of sp³-hybridized carbons (Fsp3) is 0.375. The molecule has 0 spiro atoms. The van der Waals surface area contributed by atoms with Crippen molar-refractivity contribution in [3.05, 3.63) is 47.0 Å². The molecule has 0 radical (unpaired) electrons. The van der Waals surface area contributed by atoms with Crippen LogP contribution in [-0.4, -0.2) is 49.4 Å². The van der Waals surface area contributed by atoms with E-state index in [-0.39, 0.29) is 11.4 Å². The zero-order chi connectivity index (χ0) is 15.7. The summed E-state index contributed by atoms with van der Waals surface area (Å²) < 4.78 is 9.69. The molecule has 3 rings (SSSR count). The van der Waals surface area contributed by atoms with E-state index in [9.17, 15) is 9.59 Å². The summed E-state index contributed by atoms with van der Waals surface area (Å²) in [4.78, 5) is 26.3. The second-order valence-corrected chi connectivity index (χ2v) is 6.27. The van der Waals surface area contributed by atoms with Crippen molar-refractivity contribution >= 4 is 23.7 Å². The van der Waals surface area contributed by atoms with Gasteiger partial charge in [-0.1, -0.05) is 30.3 Å². The van der Waals surface area contributed by atoms with Gasteiger partial charge in [-0.15, -0.1) is 11.8 Å². The molecule has 0 bridgehead atoms. The van der Waals surface area contributed by atoms with E-state index < -0.39 is 11.9 Å². The van der Waals surface area contributed by atoms with Gasteiger partial charge in [0.2, 0.25) is 0 Å². The third-order valence-corrected chi connectivity index (χ3v) is 5.40. The average Bonchev–Trinajstić information content (AvgIpc) is 3.13. The first kappa shape index (κ1) is 15.1. The summed E-state index contributed by atoms with van der Waals surface area (Å²) >= 11 is 1.77. The molecule has 0 saturated carbocycles. The number of fused-ring (bicyclic) bond motifs is 1. The molecule has 22 heavy (non-hydrogen) atoms. The van der Waals surface area contributed by atoms with Crippen LogP contribution in [-0.2, 0) is 19.1 Å². The predicted octanol–water partition coefficient (Wildman–Crippen LogP) is 1.76. The molecule has 1 fully saturated rings. The van der Waals surface area contributed by atoms with E-state index in [1.54, 1.807) is 11.8 Å². The largest absolute Gasteiger partial charge is 0.466 e. The molecule has 2 aliphatic rings. The molecule has 2 aliphatic heterocycles. The van der Waals surface area contributed by atoms with Gasteiger partial charge in [0.15, 0.2) is 0 Å². The number of hydrogen-bond acceptors (Lipinski definition) is 6. The smallest absolute Gasteiger partial charge is 0.335 e. The quantitative estimate of drug-likeness (QED) is 0.791. The molecule has 0 amide bonds. The van der Waals surface area contributed by atoms with Crippen LogP contribution in [0, 0.1) is 0 Å². The van der Waals surface area contributed by atoms with Crippen LogP contribution in [0.2, 0.25) is 0 Å². The molecule has 2 heterocycles. The minimum atomic E-state index is -0.452. The minimum absolute atomic E-state index is 0.100. The van der Waals surface area contributed by atoms with Gasteiger partial charge in [0.05, 0.1) is 36.8 Å². The first-order valence-corrected chi connectivity index (χ1v) is 8.04. The lowest BCUT2D eigenvalue weighted by Crippen LogP contribution is -2.31. The van der Waals surface area contributed by atoms with Gasteiger partial charge in [0.1, 0.15) is 0 Å². The van der Waals surface area contributed by atoms with E-state index in [4.69, 9.17) is 9.47 Å². The second kappa shape index (κ2) is 6.14. The monoisotopic (exact) mass is 319 g/mol. The van der Waals surface area contributed by atoms with Crippen LogP contribution in [0.3, 0.4) is 0 Å². The van der Waals surface area contributed by atoms with Gasteiger partial charge in [0.25, 0.3) is 0 Å². The van der Waals surface area contributed by atoms with Crippen LogP contribution < -0.4 is 0 Å². The van der Waals surface area contributed by atoms with Crippen molar-refractivity contribution in [3.8, 4) is 0 Å².